The van der Waals surface area contributed by atoms with E-state index in [0.717, 1.165) is 11.3 Å². The fourth-order valence-corrected chi connectivity index (χ4v) is 4.52. The van der Waals surface area contributed by atoms with Crippen molar-refractivity contribution in [1.82, 2.24) is 14.9 Å². The molecule has 0 unspecified atom stereocenters. The largest absolute Gasteiger partial charge is 0.348 e. The van der Waals surface area contributed by atoms with Gasteiger partial charge in [-0.3, -0.25) is 9.52 Å². The molecule has 32 heavy (non-hydrogen) atoms. The van der Waals surface area contributed by atoms with Crippen LogP contribution < -0.4 is 10.0 Å². The molecule has 1 amide bonds. The normalized spacial score (nSPS) is 11.2. The highest BCUT2D eigenvalue weighted by atomic mass is 32.2. The SMILES string of the molecule is Cc1c(NS(=O)(=O)c2ccccc2)cccc1C(=O)NCc1ccccc1-n1ccnc1. The van der Waals surface area contributed by atoms with E-state index in [1.807, 2.05) is 35.0 Å². The van der Waals surface area contributed by atoms with Gasteiger partial charge in [-0.2, -0.15) is 0 Å². The molecule has 0 spiro atoms. The number of benzene rings is 3. The molecule has 0 bridgehead atoms. The van der Waals surface area contributed by atoms with E-state index in [1.165, 1.54) is 12.1 Å². The second-order valence-electron chi connectivity index (χ2n) is 7.18. The van der Waals surface area contributed by atoms with Crippen LogP contribution in [0.1, 0.15) is 21.5 Å². The van der Waals surface area contributed by atoms with Crippen molar-refractivity contribution in [3.8, 4) is 5.69 Å². The summed E-state index contributed by atoms with van der Waals surface area (Å²) in [7, 11) is -3.75. The monoisotopic (exact) mass is 446 g/mol. The Hall–Kier alpha value is -3.91. The Balaban J connectivity index is 1.53. The molecule has 0 aliphatic carbocycles. The predicted molar refractivity (Wildman–Crippen MR) is 123 cm³/mol. The molecule has 1 aromatic heterocycles. The molecule has 0 aliphatic rings. The quantitative estimate of drug-likeness (QED) is 0.450. The molecule has 7 nitrogen and oxygen atoms in total. The molecule has 1 heterocycles. The minimum absolute atomic E-state index is 0.158. The Morgan fingerprint density at radius 3 is 2.47 bits per heavy atom. The maximum Gasteiger partial charge on any atom is 0.261 e. The van der Waals surface area contributed by atoms with E-state index in [4.69, 9.17) is 0 Å². The minimum Gasteiger partial charge on any atom is -0.348 e. The molecule has 4 rings (SSSR count). The highest BCUT2D eigenvalue weighted by molar-refractivity contribution is 7.92. The van der Waals surface area contributed by atoms with Crippen LogP contribution in [-0.2, 0) is 16.6 Å². The summed E-state index contributed by atoms with van der Waals surface area (Å²) in [5, 5.41) is 2.93. The second kappa shape index (κ2) is 9.07. The van der Waals surface area contributed by atoms with Crippen LogP contribution >= 0.6 is 0 Å². The van der Waals surface area contributed by atoms with E-state index >= 15 is 0 Å². The number of hydrogen-bond acceptors (Lipinski definition) is 4. The highest BCUT2D eigenvalue weighted by Crippen LogP contribution is 2.23. The number of para-hydroxylation sites is 1. The number of sulfonamides is 1. The fourth-order valence-electron chi connectivity index (χ4n) is 3.38. The van der Waals surface area contributed by atoms with Crippen molar-refractivity contribution in [2.75, 3.05) is 4.72 Å². The van der Waals surface area contributed by atoms with Crippen molar-refractivity contribution >= 4 is 21.6 Å². The van der Waals surface area contributed by atoms with Crippen molar-refractivity contribution < 1.29 is 13.2 Å². The molecule has 2 N–H and O–H groups in total. The lowest BCUT2D eigenvalue weighted by Crippen LogP contribution is -2.25. The van der Waals surface area contributed by atoms with Gasteiger partial charge in [-0.05, 0) is 48.4 Å². The number of amides is 1. The van der Waals surface area contributed by atoms with Gasteiger partial charge in [0, 0.05) is 24.5 Å². The number of carbonyl (C=O) groups excluding carboxylic acids is 1. The van der Waals surface area contributed by atoms with Crippen LogP contribution in [0.5, 0.6) is 0 Å². The Labute approximate surface area is 186 Å². The molecule has 4 aromatic rings. The van der Waals surface area contributed by atoms with E-state index in [0.29, 0.717) is 23.4 Å². The third-order valence-electron chi connectivity index (χ3n) is 5.09. The van der Waals surface area contributed by atoms with Gasteiger partial charge >= 0.3 is 0 Å². The average Bonchev–Trinajstić information content (AvgIpc) is 3.34. The average molecular weight is 447 g/mol. The summed E-state index contributed by atoms with van der Waals surface area (Å²) < 4.78 is 29.8. The number of nitrogens with one attached hydrogen (secondary N) is 2. The maximum atomic E-state index is 12.9. The first-order valence-corrected chi connectivity index (χ1v) is 11.5. The summed E-state index contributed by atoms with van der Waals surface area (Å²) in [6, 6.07) is 20.8. The molecule has 0 saturated carbocycles. The van der Waals surface area contributed by atoms with Crippen LogP contribution in [-0.4, -0.2) is 23.9 Å². The number of aromatic nitrogens is 2. The molecule has 3 aromatic carbocycles. The van der Waals surface area contributed by atoms with Crippen molar-refractivity contribution in [3.63, 3.8) is 0 Å². The van der Waals surface area contributed by atoms with Crippen LogP contribution in [0.2, 0.25) is 0 Å². The molecular weight excluding hydrogens is 424 g/mol. The maximum absolute atomic E-state index is 12.9. The van der Waals surface area contributed by atoms with Crippen LogP contribution in [0.3, 0.4) is 0 Å². The predicted octanol–water partition coefficient (Wildman–Crippen LogP) is 3.91. The van der Waals surface area contributed by atoms with Gasteiger partial charge in [0.2, 0.25) is 0 Å². The first-order valence-electron chi connectivity index (χ1n) is 9.97. The topological polar surface area (TPSA) is 93.1 Å². The zero-order valence-corrected chi connectivity index (χ0v) is 18.2. The van der Waals surface area contributed by atoms with Crippen molar-refractivity contribution in [1.29, 1.82) is 0 Å². The summed E-state index contributed by atoms with van der Waals surface area (Å²) >= 11 is 0. The summed E-state index contributed by atoms with van der Waals surface area (Å²) in [6.07, 6.45) is 5.24. The molecule has 8 heteroatoms. The molecule has 0 aliphatic heterocycles. The Morgan fingerprint density at radius 1 is 0.969 bits per heavy atom. The van der Waals surface area contributed by atoms with Gasteiger partial charge in [0.05, 0.1) is 22.6 Å². The number of hydrogen-bond donors (Lipinski definition) is 2. The third-order valence-corrected chi connectivity index (χ3v) is 6.47. The van der Waals surface area contributed by atoms with E-state index in [-0.39, 0.29) is 10.8 Å². The van der Waals surface area contributed by atoms with E-state index in [9.17, 15) is 13.2 Å². The number of nitrogens with zero attached hydrogens (tertiary/aromatic N) is 2. The van der Waals surface area contributed by atoms with Gasteiger partial charge in [-0.25, -0.2) is 13.4 Å². The molecular formula is C24H22N4O3S. The molecule has 0 radical (unpaired) electrons. The molecule has 162 valence electrons. The number of imidazole rings is 1. The van der Waals surface area contributed by atoms with E-state index < -0.39 is 10.0 Å². The molecule has 0 saturated heterocycles. The molecule has 0 atom stereocenters. The van der Waals surface area contributed by atoms with Crippen molar-refractivity contribution in [2.45, 2.75) is 18.4 Å². The summed E-state index contributed by atoms with van der Waals surface area (Å²) in [6.45, 7) is 2.03. The van der Waals surface area contributed by atoms with Gasteiger partial charge in [0.15, 0.2) is 0 Å². The van der Waals surface area contributed by atoms with Crippen molar-refractivity contribution in [3.05, 3.63) is 108 Å². The zero-order chi connectivity index (χ0) is 22.6. The highest BCUT2D eigenvalue weighted by Gasteiger charge is 2.18. The third kappa shape index (κ3) is 4.55. The van der Waals surface area contributed by atoms with Crippen LogP contribution in [0.25, 0.3) is 5.69 Å². The van der Waals surface area contributed by atoms with Crippen LogP contribution in [0.4, 0.5) is 5.69 Å². The lowest BCUT2D eigenvalue weighted by atomic mass is 10.1. The first kappa shape index (κ1) is 21.3. The summed E-state index contributed by atoms with van der Waals surface area (Å²) in [5.74, 6) is -0.288. The smallest absolute Gasteiger partial charge is 0.261 e. The first-order chi connectivity index (χ1) is 15.5. The van der Waals surface area contributed by atoms with E-state index in [2.05, 4.69) is 15.0 Å². The minimum atomic E-state index is -3.75. The standard InChI is InChI=1S/C24H22N4O3S/c1-18-21(11-7-12-22(18)27-32(30,31)20-9-3-2-4-10-20)24(29)26-16-19-8-5-6-13-23(19)28-15-14-25-17-28/h2-15,17,27H,16H2,1H3,(H,26,29). The fraction of sp³-hybridized carbons (Fsp3) is 0.0833. The number of anilines is 1. The zero-order valence-electron chi connectivity index (χ0n) is 17.4. The Morgan fingerprint density at radius 2 is 1.72 bits per heavy atom. The van der Waals surface area contributed by atoms with E-state index in [1.54, 1.807) is 55.8 Å². The van der Waals surface area contributed by atoms with Crippen LogP contribution in [0, 0.1) is 6.92 Å². The van der Waals surface area contributed by atoms with Gasteiger partial charge < -0.3 is 9.88 Å². The van der Waals surface area contributed by atoms with Gasteiger partial charge in [0.25, 0.3) is 15.9 Å². The number of carbonyl (C=O) groups is 1. The Bertz CT molecular complexity index is 1330. The van der Waals surface area contributed by atoms with Gasteiger partial charge in [0.1, 0.15) is 0 Å². The summed E-state index contributed by atoms with van der Waals surface area (Å²) in [5.41, 5.74) is 3.16. The van der Waals surface area contributed by atoms with Gasteiger partial charge in [-0.1, -0.05) is 42.5 Å². The van der Waals surface area contributed by atoms with Crippen molar-refractivity contribution in [2.24, 2.45) is 0 Å². The number of rotatable bonds is 7. The molecule has 0 fully saturated rings. The van der Waals surface area contributed by atoms with Crippen LogP contribution in [0.15, 0.2) is 96.4 Å². The Kier molecular flexibility index (Phi) is 6.04. The second-order valence-corrected chi connectivity index (χ2v) is 8.86. The lowest BCUT2D eigenvalue weighted by molar-refractivity contribution is 0.0950. The lowest BCUT2D eigenvalue weighted by Gasteiger charge is -2.15. The summed E-state index contributed by atoms with van der Waals surface area (Å²) in [4.78, 5) is 17.1. The van der Waals surface area contributed by atoms with Gasteiger partial charge in [-0.15, -0.1) is 0 Å².